The molecule has 1 saturated heterocycles. The maximum Gasteiger partial charge on any atom is 0.184 e. The fraction of sp³-hybridized carbons (Fsp3) is 0.381. The van der Waals surface area contributed by atoms with Gasteiger partial charge in [0.05, 0.1) is 6.61 Å². The van der Waals surface area contributed by atoms with E-state index in [1.807, 2.05) is 0 Å². The van der Waals surface area contributed by atoms with Crippen molar-refractivity contribution in [3.63, 3.8) is 0 Å². The number of ketones is 1. The number of phenols is 5. The predicted molar refractivity (Wildman–Crippen MR) is 138 cm³/mol. The third-order valence-electron chi connectivity index (χ3n) is 4.91. The summed E-state index contributed by atoms with van der Waals surface area (Å²) < 4.78 is 4.58. The Bertz CT molecular complexity index is 946. The first-order chi connectivity index (χ1) is 16.5. The van der Waals surface area contributed by atoms with Crippen LogP contribution in [-0.4, -0.2) is 94.2 Å². The number of aryl methyl sites for hydroxylation is 1. The van der Waals surface area contributed by atoms with Gasteiger partial charge in [-0.05, 0) is 24.1 Å². The van der Waals surface area contributed by atoms with E-state index in [1.165, 1.54) is 12.1 Å². The molecule has 1 aliphatic rings. The van der Waals surface area contributed by atoms with Gasteiger partial charge in [-0.1, -0.05) is 6.07 Å². The maximum absolute atomic E-state index is 12.0. The molecule has 0 saturated carbocycles. The lowest BCUT2D eigenvalue weighted by atomic mass is 10.00. The van der Waals surface area contributed by atoms with Crippen LogP contribution in [-0.2, 0) is 11.2 Å². The zero-order valence-corrected chi connectivity index (χ0v) is 22.3. The van der Waals surface area contributed by atoms with Crippen molar-refractivity contribution in [3.8, 4) is 28.7 Å². The average Bonchev–Trinajstić information content (AvgIpc) is 2.82. The lowest BCUT2D eigenvalue weighted by Gasteiger charge is -2.37. The number of halogens is 2. The first-order valence-corrected chi connectivity index (χ1v) is 16.2. The van der Waals surface area contributed by atoms with Gasteiger partial charge < -0.3 is 55.8 Å². The van der Waals surface area contributed by atoms with E-state index in [0.29, 0.717) is 5.56 Å². The molecule has 0 aromatic heterocycles. The van der Waals surface area contributed by atoms with Crippen molar-refractivity contribution in [1.29, 1.82) is 0 Å². The minimum atomic E-state index is -1.57. The largest absolute Gasteiger partial charge is 0.508 e. The topological polar surface area (TPSA) is 229 Å². The fourth-order valence-electron chi connectivity index (χ4n) is 3.07. The minimum absolute atomic E-state index is 0.0177. The second-order valence-corrected chi connectivity index (χ2v) is 7.32. The van der Waals surface area contributed by atoms with Gasteiger partial charge in [0, 0.05) is 55.8 Å². The number of phenolic OH excluding ortho intramolecular Hbond substituents is 5. The molecule has 0 bridgehead atoms. The van der Waals surface area contributed by atoms with Gasteiger partial charge in [-0.15, -0.1) is 0 Å². The molecule has 14 heteroatoms. The third-order valence-corrected chi connectivity index (χ3v) is 4.91. The van der Waals surface area contributed by atoms with E-state index < -0.39 is 54.6 Å². The van der Waals surface area contributed by atoms with Gasteiger partial charge >= 0.3 is 0 Å². The Morgan fingerprint density at radius 3 is 1.89 bits per heavy atom. The molecule has 10 N–H and O–H groups in total. The van der Waals surface area contributed by atoms with Crippen LogP contribution in [0.5, 0.6) is 28.7 Å². The van der Waals surface area contributed by atoms with Crippen LogP contribution in [0.4, 0.5) is 0 Å². The Balaban J connectivity index is 0.000000372. The monoisotopic (exact) mass is 724 g/mol. The van der Waals surface area contributed by atoms with Gasteiger partial charge in [0.25, 0.3) is 0 Å². The van der Waals surface area contributed by atoms with E-state index in [9.17, 15) is 30.3 Å². The maximum atomic E-state index is 12.0. The van der Waals surface area contributed by atoms with Gasteiger partial charge in [-0.25, -0.2) is 0 Å². The van der Waals surface area contributed by atoms with Crippen molar-refractivity contribution in [2.45, 2.75) is 43.5 Å². The number of rotatable bonds is 5. The van der Waals surface area contributed by atoms with Crippen LogP contribution in [0.3, 0.4) is 0 Å². The summed E-state index contributed by atoms with van der Waals surface area (Å²) in [5.41, 5.74) is 0.368. The summed E-state index contributed by atoms with van der Waals surface area (Å²) in [6.07, 6.45) is -6.80. The van der Waals surface area contributed by atoms with Crippen LogP contribution in [0.1, 0.15) is 22.3 Å². The molecule has 0 amide bonds. The summed E-state index contributed by atoms with van der Waals surface area (Å²) in [4.78, 5) is 12.0. The third kappa shape index (κ3) is 8.74. The van der Waals surface area contributed by atoms with E-state index in [2.05, 4.69) is 42.0 Å². The second-order valence-electron chi connectivity index (χ2n) is 7.32. The summed E-state index contributed by atoms with van der Waals surface area (Å²) in [5.74, 6) is -2.37. The number of carbonyl (C=O) groups excluding carboxylic acids is 1. The highest BCUT2D eigenvalue weighted by molar-refractivity contribution is 15.0. The zero-order chi connectivity index (χ0) is 26.9. The average molecular weight is 724 g/mol. The van der Waals surface area contributed by atoms with Crippen molar-refractivity contribution < 1.29 is 60.6 Å². The molecule has 0 radical (unpaired) electrons. The summed E-state index contributed by atoms with van der Waals surface area (Å²) in [5, 5.41) is 91.6. The van der Waals surface area contributed by atoms with Crippen molar-refractivity contribution in [1.82, 2.24) is 0 Å². The molecule has 1 aliphatic heterocycles. The molecule has 35 heavy (non-hydrogen) atoms. The second kappa shape index (κ2) is 14.8. The standard InChI is InChI=1S/C15H14O6.C6H12O6.I2/c16-9-6-13(20)15(14(21)7-9)11(18)4-2-8-1-3-10(17)12(19)5-8;7-1-2-3(8)4(9)5(10)6(11)12-2;1-2/h1,3,5-7,16-17,19-21H,2,4H2;2-11H,1H2;. The number of benzene rings is 2. The Morgan fingerprint density at radius 2 is 1.37 bits per heavy atom. The molecule has 2 aromatic rings. The van der Waals surface area contributed by atoms with E-state index in [0.717, 1.165) is 12.1 Å². The van der Waals surface area contributed by atoms with Crippen LogP contribution >= 0.6 is 37.2 Å². The van der Waals surface area contributed by atoms with E-state index in [4.69, 9.17) is 25.5 Å². The predicted octanol–water partition coefficient (Wildman–Crippen LogP) is 0.580. The highest BCUT2D eigenvalue weighted by Crippen LogP contribution is 2.33. The molecule has 3 rings (SSSR count). The summed E-state index contributed by atoms with van der Waals surface area (Å²) in [7, 11) is 0. The van der Waals surface area contributed by atoms with E-state index >= 15 is 0 Å². The summed E-state index contributed by atoms with van der Waals surface area (Å²) >= 11 is 4.24. The highest BCUT2D eigenvalue weighted by Gasteiger charge is 2.42. The van der Waals surface area contributed by atoms with E-state index in [-0.39, 0.29) is 35.7 Å². The van der Waals surface area contributed by atoms with Crippen LogP contribution in [0, 0.1) is 0 Å². The van der Waals surface area contributed by atoms with Crippen molar-refractivity contribution in [2.75, 3.05) is 6.61 Å². The number of hydrogen-bond acceptors (Lipinski definition) is 12. The number of ether oxygens (including phenoxy) is 1. The van der Waals surface area contributed by atoms with Gasteiger partial charge in [-0.2, -0.15) is 0 Å². The summed E-state index contributed by atoms with van der Waals surface area (Å²) in [6, 6.07) is 6.14. The molecule has 1 heterocycles. The number of aliphatic hydroxyl groups excluding tert-OH is 5. The number of Topliss-reactive ketones (excluding diaryl/α,β-unsaturated/α-hetero) is 1. The molecule has 0 spiro atoms. The number of hydrogen-bond donors (Lipinski definition) is 10. The Hall–Kier alpha value is -1.67. The number of aliphatic hydroxyl groups is 5. The van der Waals surface area contributed by atoms with Crippen LogP contribution in [0.2, 0.25) is 0 Å². The lowest BCUT2D eigenvalue weighted by molar-refractivity contribution is -0.286. The quantitative estimate of drug-likeness (QED) is 0.116. The van der Waals surface area contributed by atoms with Gasteiger partial charge in [0.1, 0.15) is 47.2 Å². The first kappa shape index (κ1) is 31.4. The SMILES string of the molecule is II.O=C(CCc1ccc(O)c(O)c1)c1c(O)cc(O)cc1O.OCC1OC(O)C(O)C(O)C1O. The number of carbonyl (C=O) groups is 1. The van der Waals surface area contributed by atoms with E-state index in [1.54, 1.807) is 6.07 Å². The zero-order valence-electron chi connectivity index (χ0n) is 17.9. The van der Waals surface area contributed by atoms with Gasteiger partial charge in [0.2, 0.25) is 0 Å². The number of aromatic hydroxyl groups is 5. The molecule has 1 fully saturated rings. The van der Waals surface area contributed by atoms with Crippen molar-refractivity contribution >= 4 is 43.0 Å². The Kier molecular flexibility index (Phi) is 13.2. The summed E-state index contributed by atoms with van der Waals surface area (Å²) in [6.45, 7) is -0.526. The molecule has 5 atom stereocenters. The lowest BCUT2D eigenvalue weighted by Crippen LogP contribution is -2.58. The first-order valence-electron chi connectivity index (χ1n) is 9.88. The smallest absolute Gasteiger partial charge is 0.184 e. The molecule has 0 aliphatic carbocycles. The van der Waals surface area contributed by atoms with Gasteiger partial charge in [-0.3, -0.25) is 4.79 Å². The van der Waals surface area contributed by atoms with Crippen LogP contribution in [0.25, 0.3) is 0 Å². The highest BCUT2D eigenvalue weighted by atomic mass is 128. The van der Waals surface area contributed by atoms with Crippen molar-refractivity contribution in [2.24, 2.45) is 0 Å². The normalized spacial score (nSPS) is 23.3. The fourth-order valence-corrected chi connectivity index (χ4v) is 3.07. The molecule has 196 valence electrons. The van der Waals surface area contributed by atoms with Crippen LogP contribution < -0.4 is 0 Å². The minimum Gasteiger partial charge on any atom is -0.508 e. The molecule has 12 nitrogen and oxygen atoms in total. The molecular formula is C21H26I2O12. The van der Waals surface area contributed by atoms with Gasteiger partial charge in [0.15, 0.2) is 23.6 Å². The molecular weight excluding hydrogens is 698 g/mol. The Morgan fingerprint density at radius 1 is 0.800 bits per heavy atom. The van der Waals surface area contributed by atoms with Crippen molar-refractivity contribution in [3.05, 3.63) is 41.5 Å². The Labute approximate surface area is 223 Å². The van der Waals surface area contributed by atoms with Crippen LogP contribution in [0.15, 0.2) is 30.3 Å². The molecule has 5 unspecified atom stereocenters. The molecule has 2 aromatic carbocycles.